The van der Waals surface area contributed by atoms with E-state index >= 15 is 0 Å². The maximum absolute atomic E-state index is 12.4. The van der Waals surface area contributed by atoms with Crippen molar-refractivity contribution in [2.45, 2.75) is 161 Å². The van der Waals surface area contributed by atoms with Crippen molar-refractivity contribution in [3.63, 3.8) is 0 Å². The lowest BCUT2D eigenvalue weighted by Gasteiger charge is -2.49. The number of rotatable bonds is 19. The molecular weight excluding hydrogens is 852 g/mol. The average molecular weight is 913 g/mol. The van der Waals surface area contributed by atoms with Gasteiger partial charge in [-0.25, -0.2) is 0 Å². The van der Waals surface area contributed by atoms with E-state index in [2.05, 4.69) is 10.6 Å². The molecule has 0 aromatic heterocycles. The molecule has 4 fully saturated rings. The quantitative estimate of drug-likeness (QED) is 0.0572. The average Bonchev–Trinajstić information content (AvgIpc) is 3.24. The van der Waals surface area contributed by atoms with Crippen LogP contribution in [0.3, 0.4) is 0 Å². The Bertz CT molecular complexity index is 1390. The molecule has 28 nitrogen and oxygen atoms in total. The molecule has 4 heterocycles. The highest BCUT2D eigenvalue weighted by Gasteiger charge is 2.55. The standard InChI is InChI=1S/C34H60N2O26/c1-9(42)35-17-23(50)20(47)13(5-39)56-31(17)55-8-16-22(49)30(27(54)34(59-16)60-28(12(45)4-38)19(46)11(44)3-37)62-32-18(36-10(2)43)24(51)29(15(7-41)58-32)61-33-26(53)25(52)21(48)14(6-40)57-33/h11-34,37-41,44-54H,3-8H2,1-2H3,(H,35,42)(H,36,43)/t11-,12+,13+,14+,15+,16+,17+,18+,19+,20+,21-,22-,23+,24+,25-,26+,27+,28+,29+,30-,31+,32-,33-,34-/m0/s1. The second-order valence-electron chi connectivity index (χ2n) is 15.2. The first-order valence-electron chi connectivity index (χ1n) is 19.5. The summed E-state index contributed by atoms with van der Waals surface area (Å²) < 4.78 is 45.4. The molecule has 362 valence electrons. The summed E-state index contributed by atoms with van der Waals surface area (Å²) >= 11 is 0. The highest BCUT2D eigenvalue weighted by atomic mass is 16.8. The molecule has 4 saturated heterocycles. The third kappa shape index (κ3) is 12.1. The van der Waals surface area contributed by atoms with Gasteiger partial charge in [-0.15, -0.1) is 0 Å². The van der Waals surface area contributed by atoms with Crippen LogP contribution in [0, 0.1) is 0 Å². The predicted molar refractivity (Wildman–Crippen MR) is 192 cm³/mol. The molecule has 4 aliphatic heterocycles. The van der Waals surface area contributed by atoms with Gasteiger partial charge < -0.3 is 130 Å². The van der Waals surface area contributed by atoms with E-state index in [9.17, 15) is 91.3 Å². The molecule has 4 aliphatic rings. The number of hydrogen-bond donors (Lipinski definition) is 18. The molecule has 4 rings (SSSR count). The van der Waals surface area contributed by atoms with Crippen LogP contribution in [0.25, 0.3) is 0 Å². The van der Waals surface area contributed by atoms with Crippen molar-refractivity contribution in [1.82, 2.24) is 10.6 Å². The van der Waals surface area contributed by atoms with Crippen molar-refractivity contribution >= 4 is 11.8 Å². The van der Waals surface area contributed by atoms with E-state index in [0.717, 1.165) is 13.8 Å². The number of aliphatic hydroxyl groups excluding tert-OH is 16. The van der Waals surface area contributed by atoms with Crippen molar-refractivity contribution in [2.75, 3.05) is 39.6 Å². The van der Waals surface area contributed by atoms with Gasteiger partial charge in [0.15, 0.2) is 25.2 Å². The summed E-state index contributed by atoms with van der Waals surface area (Å²) in [5.74, 6) is -1.56. The van der Waals surface area contributed by atoms with Gasteiger partial charge in [-0.1, -0.05) is 0 Å². The lowest BCUT2D eigenvalue weighted by atomic mass is 9.94. The zero-order valence-electron chi connectivity index (χ0n) is 33.3. The minimum absolute atomic E-state index is 0.720. The van der Waals surface area contributed by atoms with Crippen LogP contribution in [-0.2, 0) is 47.5 Å². The molecule has 0 aromatic carbocycles. The van der Waals surface area contributed by atoms with Gasteiger partial charge in [0.25, 0.3) is 0 Å². The highest BCUT2D eigenvalue weighted by molar-refractivity contribution is 5.73. The summed E-state index contributed by atoms with van der Waals surface area (Å²) in [5, 5.41) is 172. The molecule has 0 aliphatic carbocycles. The number of carbonyl (C=O) groups excluding carboxylic acids is 2. The van der Waals surface area contributed by atoms with Crippen LogP contribution < -0.4 is 10.6 Å². The summed E-state index contributed by atoms with van der Waals surface area (Å²) in [4.78, 5) is 24.4. The van der Waals surface area contributed by atoms with Gasteiger partial charge in [-0.3, -0.25) is 9.59 Å². The zero-order valence-corrected chi connectivity index (χ0v) is 33.3. The van der Waals surface area contributed by atoms with E-state index in [1.807, 2.05) is 0 Å². The van der Waals surface area contributed by atoms with E-state index in [1.165, 1.54) is 0 Å². The van der Waals surface area contributed by atoms with Gasteiger partial charge in [-0.2, -0.15) is 0 Å². The molecule has 18 N–H and O–H groups in total. The summed E-state index contributed by atoms with van der Waals surface area (Å²) in [5.41, 5.74) is 0. The van der Waals surface area contributed by atoms with Crippen molar-refractivity contribution in [3.8, 4) is 0 Å². The number of amides is 2. The van der Waals surface area contributed by atoms with E-state index in [-0.39, 0.29) is 0 Å². The Kier molecular flexibility index (Phi) is 19.9. The number of aliphatic hydroxyl groups is 16. The van der Waals surface area contributed by atoms with Crippen molar-refractivity contribution < 1.29 is 129 Å². The number of carbonyl (C=O) groups is 2. The first kappa shape index (κ1) is 52.6. The molecular formula is C34H60N2O26. The zero-order chi connectivity index (χ0) is 46.3. The third-order valence-electron chi connectivity index (χ3n) is 10.7. The Hall–Kier alpha value is -2.02. The predicted octanol–water partition coefficient (Wildman–Crippen LogP) is -12.0. The topological polar surface area (TPSA) is 456 Å². The number of hydrogen-bond acceptors (Lipinski definition) is 26. The van der Waals surface area contributed by atoms with Crippen LogP contribution in [0.15, 0.2) is 0 Å². The SMILES string of the molecule is CC(=O)N[C@H]1[C@H](O[C@H]2[C@@H](O)[C@@H](CO[C@@H]3O[C@H](CO)[C@@H](O)[C@H](O)[C@H]3NC(C)=O)O[C@@H](O[C@@H]([C@H](O)[C@@H](O)CO)[C@H](O)CO)[C@@H]2O)O[C@H](CO)[C@@H](O[C@@H]2O[C@H](CO)[C@H](O)[C@H](O)[C@H]2O)[C@@H]1O. The summed E-state index contributed by atoms with van der Waals surface area (Å²) in [7, 11) is 0. The fraction of sp³-hybridized carbons (Fsp3) is 0.941. The Labute approximate surface area is 352 Å². The van der Waals surface area contributed by atoms with E-state index in [0.29, 0.717) is 0 Å². The fourth-order valence-corrected chi connectivity index (χ4v) is 7.33. The van der Waals surface area contributed by atoms with Crippen LogP contribution in [0.1, 0.15) is 13.8 Å². The van der Waals surface area contributed by atoms with Gasteiger partial charge in [0.2, 0.25) is 11.8 Å². The van der Waals surface area contributed by atoms with Crippen LogP contribution in [-0.4, -0.2) is 280 Å². The minimum atomic E-state index is -2.25. The molecule has 0 bridgehead atoms. The van der Waals surface area contributed by atoms with Crippen molar-refractivity contribution in [2.24, 2.45) is 0 Å². The van der Waals surface area contributed by atoms with Gasteiger partial charge >= 0.3 is 0 Å². The second-order valence-corrected chi connectivity index (χ2v) is 15.2. The first-order chi connectivity index (χ1) is 29.2. The van der Waals surface area contributed by atoms with E-state index in [4.69, 9.17) is 37.9 Å². The molecule has 0 saturated carbocycles. The van der Waals surface area contributed by atoms with Crippen LogP contribution in [0.5, 0.6) is 0 Å². The second kappa shape index (κ2) is 23.4. The highest BCUT2D eigenvalue weighted by Crippen LogP contribution is 2.34. The van der Waals surface area contributed by atoms with Gasteiger partial charge in [0, 0.05) is 13.8 Å². The Morgan fingerprint density at radius 3 is 1.53 bits per heavy atom. The van der Waals surface area contributed by atoms with Crippen LogP contribution in [0.4, 0.5) is 0 Å². The Morgan fingerprint density at radius 2 is 1.00 bits per heavy atom. The van der Waals surface area contributed by atoms with Gasteiger partial charge in [0.05, 0.1) is 39.6 Å². The normalized spacial score (nSPS) is 43.6. The number of ether oxygens (including phenoxy) is 8. The Morgan fingerprint density at radius 1 is 0.516 bits per heavy atom. The third-order valence-corrected chi connectivity index (χ3v) is 10.7. The molecule has 0 unspecified atom stereocenters. The lowest BCUT2D eigenvalue weighted by Crippen LogP contribution is -2.69. The van der Waals surface area contributed by atoms with Crippen LogP contribution >= 0.6 is 0 Å². The summed E-state index contributed by atoms with van der Waals surface area (Å²) in [6.45, 7) is -3.70. The van der Waals surface area contributed by atoms with Gasteiger partial charge in [-0.05, 0) is 0 Å². The van der Waals surface area contributed by atoms with Gasteiger partial charge in [0.1, 0.15) is 122 Å². The fourth-order valence-electron chi connectivity index (χ4n) is 7.33. The van der Waals surface area contributed by atoms with Crippen molar-refractivity contribution in [1.29, 1.82) is 0 Å². The molecule has 2 amide bonds. The summed E-state index contributed by atoms with van der Waals surface area (Å²) in [6.07, 6.45) is -41.8. The molecule has 24 atom stereocenters. The van der Waals surface area contributed by atoms with E-state index in [1.54, 1.807) is 0 Å². The van der Waals surface area contributed by atoms with Crippen molar-refractivity contribution in [3.05, 3.63) is 0 Å². The molecule has 0 spiro atoms. The smallest absolute Gasteiger partial charge is 0.217 e. The van der Waals surface area contributed by atoms with E-state index < -0.39 is 199 Å². The molecule has 28 heteroatoms. The molecule has 62 heavy (non-hydrogen) atoms. The molecule has 0 aromatic rings. The van der Waals surface area contributed by atoms with Crippen LogP contribution in [0.2, 0.25) is 0 Å². The monoisotopic (exact) mass is 912 g/mol. The lowest BCUT2D eigenvalue weighted by molar-refractivity contribution is -0.375. The number of nitrogens with one attached hydrogen (secondary N) is 2. The summed E-state index contributed by atoms with van der Waals surface area (Å²) in [6, 6.07) is -3.26. The Balaban J connectivity index is 1.67. The maximum atomic E-state index is 12.4. The minimum Gasteiger partial charge on any atom is -0.394 e. The molecule has 0 radical (unpaired) electrons. The largest absolute Gasteiger partial charge is 0.394 e. The maximum Gasteiger partial charge on any atom is 0.217 e. The first-order valence-corrected chi connectivity index (χ1v) is 19.5.